The maximum Gasteiger partial charge on any atom is 0.253 e. The van der Waals surface area contributed by atoms with Crippen LogP contribution in [0.4, 0.5) is 0 Å². The fraction of sp³-hybridized carbons (Fsp3) is 0.368. The molecule has 0 fully saturated rings. The van der Waals surface area contributed by atoms with Gasteiger partial charge in [-0.2, -0.15) is 0 Å². The summed E-state index contributed by atoms with van der Waals surface area (Å²) in [6.45, 7) is 1.39. The van der Waals surface area contributed by atoms with Crippen molar-refractivity contribution in [3.63, 3.8) is 0 Å². The molecule has 0 aliphatic heterocycles. The molecule has 1 amide bonds. The third-order valence-electron chi connectivity index (χ3n) is 4.10. The van der Waals surface area contributed by atoms with Gasteiger partial charge in [-0.05, 0) is 39.7 Å². The Bertz CT molecular complexity index is 780. The van der Waals surface area contributed by atoms with Gasteiger partial charge < -0.3 is 19.7 Å². The molecule has 2 rings (SSSR count). The molecule has 6 nitrogen and oxygen atoms in total. The van der Waals surface area contributed by atoms with Crippen molar-refractivity contribution in [3.8, 4) is 0 Å². The maximum absolute atomic E-state index is 11.9. The molecular weight excluding hydrogens is 394 g/mol. The van der Waals surface area contributed by atoms with Crippen molar-refractivity contribution < 1.29 is 4.79 Å². The van der Waals surface area contributed by atoms with Crippen LogP contribution in [0.15, 0.2) is 46.0 Å². The molecule has 140 valence electrons. The summed E-state index contributed by atoms with van der Waals surface area (Å²) in [6.07, 6.45) is 2.04. The van der Waals surface area contributed by atoms with Crippen molar-refractivity contribution in [1.29, 1.82) is 0 Å². The normalized spacial score (nSPS) is 11.4. The van der Waals surface area contributed by atoms with Crippen LogP contribution < -0.4 is 5.32 Å². The van der Waals surface area contributed by atoms with Crippen LogP contribution >= 0.6 is 15.9 Å². The van der Waals surface area contributed by atoms with Crippen molar-refractivity contribution in [2.45, 2.75) is 13.1 Å². The lowest BCUT2D eigenvalue weighted by Crippen LogP contribution is -2.38. The molecule has 0 aliphatic rings. The van der Waals surface area contributed by atoms with E-state index in [0.717, 1.165) is 22.5 Å². The molecule has 0 saturated carbocycles. The molecule has 1 aromatic carbocycles. The molecular formula is C19H26BrN5O. The molecule has 0 saturated heterocycles. The van der Waals surface area contributed by atoms with Crippen molar-refractivity contribution >= 4 is 27.8 Å². The Kier molecular flexibility index (Phi) is 6.85. The number of benzene rings is 1. The van der Waals surface area contributed by atoms with Gasteiger partial charge in [0.2, 0.25) is 0 Å². The average Bonchev–Trinajstić information content (AvgIpc) is 2.92. The molecule has 2 aromatic rings. The van der Waals surface area contributed by atoms with E-state index < -0.39 is 0 Å². The first-order valence-corrected chi connectivity index (χ1v) is 9.14. The van der Waals surface area contributed by atoms with Crippen molar-refractivity contribution in [2.75, 3.05) is 28.2 Å². The summed E-state index contributed by atoms with van der Waals surface area (Å²) in [5.74, 6) is 0.824. The highest BCUT2D eigenvalue weighted by Gasteiger charge is 2.10. The van der Waals surface area contributed by atoms with E-state index in [1.54, 1.807) is 26.0 Å². The minimum Gasteiger partial charge on any atom is -0.352 e. The highest BCUT2D eigenvalue weighted by atomic mass is 79.9. The number of guanidine groups is 1. The summed E-state index contributed by atoms with van der Waals surface area (Å²) >= 11 is 3.50. The highest BCUT2D eigenvalue weighted by molar-refractivity contribution is 9.10. The third-order valence-corrected chi connectivity index (χ3v) is 4.54. The number of aromatic nitrogens is 1. The predicted octanol–water partition coefficient (Wildman–Crippen LogP) is 2.70. The molecule has 1 heterocycles. The fourth-order valence-electron chi connectivity index (χ4n) is 2.63. The molecule has 0 spiro atoms. The minimum atomic E-state index is 0.00813. The third kappa shape index (κ3) is 5.11. The monoisotopic (exact) mass is 419 g/mol. The number of aryl methyl sites for hydroxylation is 1. The van der Waals surface area contributed by atoms with Crippen LogP contribution in [0.3, 0.4) is 0 Å². The SMILES string of the molecule is CN=C(NCc1ccc(C(=O)N(C)C)cc1)N(C)Cc1cc(Br)cn1C. The molecule has 0 aliphatic carbocycles. The topological polar surface area (TPSA) is 52.9 Å². The molecule has 1 N–H and O–H groups in total. The van der Waals surface area contributed by atoms with E-state index in [2.05, 4.69) is 41.8 Å². The molecule has 1 aromatic heterocycles. The van der Waals surface area contributed by atoms with Crippen LogP contribution in [0.25, 0.3) is 0 Å². The first-order chi connectivity index (χ1) is 12.3. The van der Waals surface area contributed by atoms with Crippen LogP contribution in [0, 0.1) is 0 Å². The van der Waals surface area contributed by atoms with Crippen LogP contribution in [-0.2, 0) is 20.1 Å². The minimum absolute atomic E-state index is 0.00813. The summed E-state index contributed by atoms with van der Waals surface area (Å²) < 4.78 is 3.16. The van der Waals surface area contributed by atoms with Gasteiger partial charge in [-0.3, -0.25) is 9.79 Å². The second-order valence-corrected chi connectivity index (χ2v) is 7.33. The fourth-order valence-corrected chi connectivity index (χ4v) is 3.20. The molecule has 7 heteroatoms. The Hall–Kier alpha value is -2.28. The van der Waals surface area contributed by atoms with Gasteiger partial charge in [0, 0.05) is 63.7 Å². The molecule has 0 radical (unpaired) electrons. The van der Waals surface area contributed by atoms with E-state index in [1.165, 1.54) is 5.69 Å². The van der Waals surface area contributed by atoms with Crippen LogP contribution in [0.5, 0.6) is 0 Å². The smallest absolute Gasteiger partial charge is 0.253 e. The first kappa shape index (κ1) is 20.0. The summed E-state index contributed by atoms with van der Waals surface area (Å²) in [5.41, 5.74) is 2.97. The lowest BCUT2D eigenvalue weighted by Gasteiger charge is -2.22. The van der Waals surface area contributed by atoms with E-state index in [1.807, 2.05) is 44.6 Å². The van der Waals surface area contributed by atoms with Gasteiger partial charge in [-0.15, -0.1) is 0 Å². The quantitative estimate of drug-likeness (QED) is 0.598. The Morgan fingerprint density at radius 1 is 1.23 bits per heavy atom. The van der Waals surface area contributed by atoms with Gasteiger partial charge in [0.1, 0.15) is 0 Å². The van der Waals surface area contributed by atoms with Gasteiger partial charge in [0.15, 0.2) is 5.96 Å². The second-order valence-electron chi connectivity index (χ2n) is 6.41. The summed E-state index contributed by atoms with van der Waals surface area (Å²) in [5, 5.41) is 3.36. The molecule has 0 unspecified atom stereocenters. The zero-order chi connectivity index (χ0) is 19.3. The maximum atomic E-state index is 11.9. The zero-order valence-electron chi connectivity index (χ0n) is 16.0. The Morgan fingerprint density at radius 3 is 2.38 bits per heavy atom. The molecule has 0 bridgehead atoms. The van der Waals surface area contributed by atoms with Gasteiger partial charge in [-0.1, -0.05) is 12.1 Å². The van der Waals surface area contributed by atoms with Gasteiger partial charge in [0.05, 0.1) is 6.54 Å². The number of amides is 1. The number of halogens is 1. The van der Waals surface area contributed by atoms with E-state index in [4.69, 9.17) is 0 Å². The largest absolute Gasteiger partial charge is 0.352 e. The van der Waals surface area contributed by atoms with Crippen molar-refractivity contribution in [2.24, 2.45) is 12.0 Å². The number of hydrogen-bond acceptors (Lipinski definition) is 2. The van der Waals surface area contributed by atoms with Crippen molar-refractivity contribution in [1.82, 2.24) is 19.7 Å². The van der Waals surface area contributed by atoms with Gasteiger partial charge >= 0.3 is 0 Å². The Balaban J connectivity index is 1.96. The molecule has 0 atom stereocenters. The average molecular weight is 420 g/mol. The zero-order valence-corrected chi connectivity index (χ0v) is 17.5. The van der Waals surface area contributed by atoms with Crippen LogP contribution in [0.1, 0.15) is 21.6 Å². The highest BCUT2D eigenvalue weighted by Crippen LogP contribution is 2.15. The van der Waals surface area contributed by atoms with Gasteiger partial charge in [-0.25, -0.2) is 0 Å². The lowest BCUT2D eigenvalue weighted by molar-refractivity contribution is 0.0827. The Morgan fingerprint density at radius 2 is 1.88 bits per heavy atom. The summed E-state index contributed by atoms with van der Waals surface area (Å²) in [7, 11) is 9.32. The standard InChI is InChI=1S/C19H26BrN5O/c1-21-19(25(5)13-17-10-16(20)12-24(17)4)22-11-14-6-8-15(9-7-14)18(26)23(2)3/h6-10,12H,11,13H2,1-5H3,(H,21,22). The lowest BCUT2D eigenvalue weighted by atomic mass is 10.1. The summed E-state index contributed by atoms with van der Waals surface area (Å²) in [4.78, 5) is 19.9. The Labute approximate surface area is 163 Å². The number of carbonyl (C=O) groups excluding carboxylic acids is 1. The van der Waals surface area contributed by atoms with Crippen molar-refractivity contribution in [3.05, 3.63) is 57.8 Å². The van der Waals surface area contributed by atoms with E-state index in [0.29, 0.717) is 12.1 Å². The second kappa shape index (κ2) is 8.89. The van der Waals surface area contributed by atoms with E-state index in [9.17, 15) is 4.79 Å². The van der Waals surface area contributed by atoms with Gasteiger partial charge in [0.25, 0.3) is 5.91 Å². The van der Waals surface area contributed by atoms with Crippen LogP contribution in [0.2, 0.25) is 0 Å². The number of hydrogen-bond donors (Lipinski definition) is 1. The summed E-state index contributed by atoms with van der Waals surface area (Å²) in [6, 6.07) is 9.74. The van der Waals surface area contributed by atoms with E-state index in [-0.39, 0.29) is 5.91 Å². The number of aliphatic imine (C=N–C) groups is 1. The predicted molar refractivity (Wildman–Crippen MR) is 109 cm³/mol. The van der Waals surface area contributed by atoms with Crippen LogP contribution in [-0.4, -0.2) is 54.4 Å². The first-order valence-electron chi connectivity index (χ1n) is 8.35. The number of nitrogens with one attached hydrogen (secondary N) is 1. The molecule has 26 heavy (non-hydrogen) atoms. The van der Waals surface area contributed by atoms with E-state index >= 15 is 0 Å². The number of nitrogens with zero attached hydrogens (tertiary/aromatic N) is 4. The number of carbonyl (C=O) groups is 1. The number of rotatable bonds is 5.